The second-order valence-corrected chi connectivity index (χ2v) is 9.96. The summed E-state index contributed by atoms with van der Waals surface area (Å²) < 4.78 is 14.3. The number of benzene rings is 1. The van der Waals surface area contributed by atoms with Gasteiger partial charge < -0.3 is 24.6 Å². The maximum atomic E-state index is 11.9. The zero-order valence-corrected chi connectivity index (χ0v) is 20.0. The van der Waals surface area contributed by atoms with Gasteiger partial charge in [0.1, 0.15) is 35.8 Å². The molecule has 2 amide bonds. The molecule has 7 heterocycles. The van der Waals surface area contributed by atoms with Gasteiger partial charge in [0.2, 0.25) is 5.95 Å². The largest absolute Gasteiger partial charge is 0.490 e. The molecule has 2 fully saturated rings. The Balaban J connectivity index is 1.14. The summed E-state index contributed by atoms with van der Waals surface area (Å²) in [6, 6.07) is 12.2. The molecule has 4 aliphatic rings. The second kappa shape index (κ2) is 7.62. The van der Waals surface area contributed by atoms with Gasteiger partial charge in [-0.05, 0) is 18.2 Å². The van der Waals surface area contributed by atoms with E-state index in [1.165, 1.54) is 0 Å². The van der Waals surface area contributed by atoms with Gasteiger partial charge in [-0.3, -0.25) is 4.57 Å². The molecule has 0 unspecified atom stereocenters. The van der Waals surface area contributed by atoms with Gasteiger partial charge >= 0.3 is 6.03 Å². The average Bonchev–Trinajstić information content (AvgIpc) is 3.63. The van der Waals surface area contributed by atoms with Crippen molar-refractivity contribution in [1.29, 1.82) is 0 Å². The minimum atomic E-state index is -0.496. The van der Waals surface area contributed by atoms with Gasteiger partial charge in [-0.15, -0.1) is 0 Å². The van der Waals surface area contributed by atoms with Crippen LogP contribution in [0.5, 0.6) is 5.75 Å². The number of aromatic nitrogens is 5. The molecule has 0 aliphatic carbocycles. The molecule has 1 aromatic carbocycles. The zero-order chi connectivity index (χ0) is 24.6. The van der Waals surface area contributed by atoms with Crippen molar-refractivity contribution >= 4 is 23.1 Å². The first kappa shape index (κ1) is 20.9. The van der Waals surface area contributed by atoms with Crippen LogP contribution in [0.2, 0.25) is 0 Å². The van der Waals surface area contributed by atoms with Crippen LogP contribution in [0.15, 0.2) is 48.8 Å². The average molecular weight is 497 g/mol. The molecule has 4 aliphatic heterocycles. The number of para-hydroxylation sites is 1. The Labute approximate surface area is 212 Å². The van der Waals surface area contributed by atoms with Crippen molar-refractivity contribution < 1.29 is 14.3 Å². The van der Waals surface area contributed by atoms with E-state index in [1.54, 1.807) is 0 Å². The fraction of sp³-hybridized carbons (Fsp3) is 0.346. The van der Waals surface area contributed by atoms with Crippen LogP contribution >= 0.6 is 0 Å². The molecule has 0 saturated carbocycles. The Hall–Kier alpha value is -4.25. The van der Waals surface area contributed by atoms with Gasteiger partial charge in [-0.25, -0.2) is 24.7 Å². The third-order valence-corrected chi connectivity index (χ3v) is 7.88. The lowest BCUT2D eigenvalue weighted by Gasteiger charge is -2.36. The molecule has 11 heteroatoms. The molecule has 37 heavy (non-hydrogen) atoms. The standard InChI is InChI=1S/C26H24N8O3/c35-25-29-11-17-12-32(7-8-33(17)25)24-27-9-16(10-28-24)19-5-6-20-23(31-19)34-22(30-20)13-36-14-26(34)15-37-21-4-2-1-3-18(21)26/h1-6,9-10,17H,7-8,11-15H2,(H,29,35)/t17-,26+/m1/s1. The molecular weight excluding hydrogens is 472 g/mol. The third-order valence-electron chi connectivity index (χ3n) is 7.88. The van der Waals surface area contributed by atoms with Gasteiger partial charge in [-0.1, -0.05) is 18.2 Å². The Morgan fingerprint density at radius 3 is 2.84 bits per heavy atom. The highest BCUT2D eigenvalue weighted by Crippen LogP contribution is 2.44. The molecule has 186 valence electrons. The van der Waals surface area contributed by atoms with Crippen molar-refractivity contribution in [3.8, 4) is 17.0 Å². The summed E-state index contributed by atoms with van der Waals surface area (Å²) >= 11 is 0. The Kier molecular flexibility index (Phi) is 4.31. The number of ether oxygens (including phenoxy) is 2. The molecule has 0 radical (unpaired) electrons. The molecule has 1 N–H and O–H groups in total. The topological polar surface area (TPSA) is 111 Å². The van der Waals surface area contributed by atoms with E-state index in [-0.39, 0.29) is 12.1 Å². The number of carbonyl (C=O) groups is 1. The minimum absolute atomic E-state index is 0.0189. The van der Waals surface area contributed by atoms with Gasteiger partial charge in [0.05, 0.1) is 18.3 Å². The number of hydrogen-bond acceptors (Lipinski definition) is 8. The molecule has 4 aromatic rings. The number of amides is 2. The van der Waals surface area contributed by atoms with Crippen LogP contribution in [0, 0.1) is 0 Å². The van der Waals surface area contributed by atoms with E-state index in [2.05, 4.69) is 30.8 Å². The Morgan fingerprint density at radius 2 is 1.92 bits per heavy atom. The van der Waals surface area contributed by atoms with Crippen molar-refractivity contribution in [2.75, 3.05) is 44.3 Å². The highest BCUT2D eigenvalue weighted by molar-refractivity contribution is 5.78. The van der Waals surface area contributed by atoms with Gasteiger partial charge in [0.25, 0.3) is 0 Å². The Morgan fingerprint density at radius 1 is 1.03 bits per heavy atom. The van der Waals surface area contributed by atoms with E-state index in [4.69, 9.17) is 19.4 Å². The number of carbonyl (C=O) groups excluding carboxylic acids is 1. The first-order valence-electron chi connectivity index (χ1n) is 12.5. The number of pyridine rings is 1. The van der Waals surface area contributed by atoms with Gasteiger partial charge in [-0.2, -0.15) is 0 Å². The minimum Gasteiger partial charge on any atom is -0.490 e. The molecule has 11 nitrogen and oxygen atoms in total. The number of piperazine rings is 1. The summed E-state index contributed by atoms with van der Waals surface area (Å²) in [7, 11) is 0. The molecular formula is C26H24N8O3. The molecule has 0 bridgehead atoms. The smallest absolute Gasteiger partial charge is 0.317 e. The molecule has 2 atom stereocenters. The first-order valence-corrected chi connectivity index (χ1v) is 12.5. The molecule has 8 rings (SSSR count). The highest BCUT2D eigenvalue weighted by atomic mass is 16.5. The first-order chi connectivity index (χ1) is 18.2. The number of fused-ring (bicyclic) bond motifs is 7. The molecule has 1 spiro atoms. The second-order valence-electron chi connectivity index (χ2n) is 9.96. The highest BCUT2D eigenvalue weighted by Gasteiger charge is 2.47. The van der Waals surface area contributed by atoms with E-state index < -0.39 is 5.54 Å². The predicted octanol–water partition coefficient (Wildman–Crippen LogP) is 1.77. The SMILES string of the molecule is O=C1NC[C@@H]2CN(c3ncc(-c4ccc5nc6n(c5n4)[C@@]4(COC6)COc5ccccc54)cn3)CCN12. The number of nitrogens with one attached hydrogen (secondary N) is 1. The zero-order valence-electron chi connectivity index (χ0n) is 20.0. The van der Waals surface area contributed by atoms with Crippen LogP contribution in [0.1, 0.15) is 11.4 Å². The number of urea groups is 1. The maximum absolute atomic E-state index is 11.9. The van der Waals surface area contributed by atoms with Gasteiger partial charge in [0.15, 0.2) is 5.65 Å². The van der Waals surface area contributed by atoms with Crippen LogP contribution in [-0.2, 0) is 16.9 Å². The monoisotopic (exact) mass is 496 g/mol. The summed E-state index contributed by atoms with van der Waals surface area (Å²) in [5, 5.41) is 2.91. The Bertz CT molecular complexity index is 1550. The summed E-state index contributed by atoms with van der Waals surface area (Å²) in [6.07, 6.45) is 3.64. The van der Waals surface area contributed by atoms with E-state index in [0.717, 1.165) is 46.1 Å². The van der Waals surface area contributed by atoms with Gasteiger partial charge in [0, 0.05) is 49.7 Å². The fourth-order valence-electron chi connectivity index (χ4n) is 6.05. The summed E-state index contributed by atoms with van der Waals surface area (Å²) in [5.74, 6) is 2.39. The van der Waals surface area contributed by atoms with Crippen molar-refractivity contribution in [2.45, 2.75) is 18.2 Å². The summed E-state index contributed by atoms with van der Waals surface area (Å²) in [4.78, 5) is 35.1. The van der Waals surface area contributed by atoms with Crippen LogP contribution in [0.3, 0.4) is 0 Å². The van der Waals surface area contributed by atoms with Crippen molar-refractivity contribution in [3.05, 3.63) is 60.2 Å². The lowest BCUT2D eigenvalue weighted by molar-refractivity contribution is 0.0134. The lowest BCUT2D eigenvalue weighted by atomic mass is 9.91. The van der Waals surface area contributed by atoms with Crippen LogP contribution in [0.4, 0.5) is 10.7 Å². The summed E-state index contributed by atoms with van der Waals surface area (Å²) in [5.41, 5.74) is 3.84. The van der Waals surface area contributed by atoms with Crippen LogP contribution in [-0.4, -0.2) is 80.9 Å². The van der Waals surface area contributed by atoms with Crippen LogP contribution < -0.4 is 15.0 Å². The number of nitrogens with zero attached hydrogens (tertiary/aromatic N) is 7. The lowest BCUT2D eigenvalue weighted by Crippen LogP contribution is -2.52. The molecule has 2 saturated heterocycles. The number of hydrogen-bond donors (Lipinski definition) is 1. The normalized spacial score (nSPS) is 24.1. The fourth-order valence-corrected chi connectivity index (χ4v) is 6.05. The van der Waals surface area contributed by atoms with E-state index in [9.17, 15) is 4.79 Å². The number of anilines is 1. The van der Waals surface area contributed by atoms with E-state index in [1.807, 2.05) is 47.6 Å². The van der Waals surface area contributed by atoms with E-state index >= 15 is 0 Å². The molecule has 3 aromatic heterocycles. The number of imidazole rings is 1. The van der Waals surface area contributed by atoms with Crippen molar-refractivity contribution in [3.63, 3.8) is 0 Å². The number of rotatable bonds is 2. The maximum Gasteiger partial charge on any atom is 0.317 e. The van der Waals surface area contributed by atoms with Crippen LogP contribution in [0.25, 0.3) is 22.4 Å². The van der Waals surface area contributed by atoms with E-state index in [0.29, 0.717) is 45.4 Å². The summed E-state index contributed by atoms with van der Waals surface area (Å²) in [6.45, 7) is 4.18. The third kappa shape index (κ3) is 3.00. The predicted molar refractivity (Wildman–Crippen MR) is 133 cm³/mol. The van der Waals surface area contributed by atoms with Crippen molar-refractivity contribution in [1.82, 2.24) is 34.7 Å². The quantitative estimate of drug-likeness (QED) is 0.447. The van der Waals surface area contributed by atoms with Crippen molar-refractivity contribution in [2.24, 2.45) is 0 Å².